The maximum absolute atomic E-state index is 12.8. The van der Waals surface area contributed by atoms with Gasteiger partial charge in [0, 0.05) is 5.39 Å². The van der Waals surface area contributed by atoms with Crippen LogP contribution in [-0.2, 0) is 6.61 Å². The zero-order valence-corrected chi connectivity index (χ0v) is 15.6. The van der Waals surface area contributed by atoms with Crippen LogP contribution in [0, 0.1) is 6.92 Å². The van der Waals surface area contributed by atoms with Gasteiger partial charge in [0.05, 0.1) is 5.56 Å². The number of allylic oxidation sites excluding steroid dienone is 1. The van der Waals surface area contributed by atoms with Gasteiger partial charge in [-0.15, -0.1) is 0 Å². The lowest BCUT2D eigenvalue weighted by molar-refractivity contribution is 0.104. The number of furan rings is 1. The molecule has 0 spiro atoms. The standard InChI is InChI=1S/C25H20O3/c1-18-11-13-22(25(15-18)27-17-19-7-3-2-4-8-19)23(26)14-12-21-16-20-9-5-6-10-24(20)28-21/h2-16H,17H2,1H3. The SMILES string of the molecule is Cc1ccc(C(=O)C=Cc2cc3ccccc3o2)c(OCc2ccccc2)c1. The highest BCUT2D eigenvalue weighted by Gasteiger charge is 2.11. The van der Waals surface area contributed by atoms with Gasteiger partial charge in [0.25, 0.3) is 0 Å². The Labute approximate surface area is 163 Å². The molecule has 0 saturated carbocycles. The summed E-state index contributed by atoms with van der Waals surface area (Å²) in [5.74, 6) is 1.11. The third kappa shape index (κ3) is 4.04. The minimum absolute atomic E-state index is 0.122. The van der Waals surface area contributed by atoms with E-state index < -0.39 is 0 Å². The van der Waals surface area contributed by atoms with E-state index in [2.05, 4.69) is 0 Å². The van der Waals surface area contributed by atoms with Crippen molar-refractivity contribution in [2.45, 2.75) is 13.5 Å². The molecular weight excluding hydrogens is 348 g/mol. The molecule has 4 rings (SSSR count). The molecule has 3 aromatic carbocycles. The Balaban J connectivity index is 1.54. The Kier molecular flexibility index (Phi) is 5.07. The lowest BCUT2D eigenvalue weighted by atomic mass is 10.1. The molecule has 0 atom stereocenters. The molecule has 0 saturated heterocycles. The summed E-state index contributed by atoms with van der Waals surface area (Å²) in [5, 5.41) is 1.01. The van der Waals surface area contributed by atoms with E-state index in [-0.39, 0.29) is 5.78 Å². The topological polar surface area (TPSA) is 39.4 Å². The summed E-state index contributed by atoms with van der Waals surface area (Å²) in [5.41, 5.74) is 3.44. The molecule has 1 aromatic heterocycles. The molecule has 28 heavy (non-hydrogen) atoms. The molecule has 0 aliphatic heterocycles. The van der Waals surface area contributed by atoms with Crippen LogP contribution in [0.2, 0.25) is 0 Å². The molecule has 0 N–H and O–H groups in total. The first-order valence-electron chi connectivity index (χ1n) is 9.17. The van der Waals surface area contributed by atoms with Crippen LogP contribution in [0.15, 0.2) is 89.4 Å². The van der Waals surface area contributed by atoms with Crippen LogP contribution in [0.5, 0.6) is 5.75 Å². The minimum atomic E-state index is -0.122. The zero-order chi connectivity index (χ0) is 19.3. The average molecular weight is 368 g/mol. The second kappa shape index (κ2) is 7.97. The Hall–Kier alpha value is -3.59. The van der Waals surface area contributed by atoms with Crippen LogP contribution in [0.3, 0.4) is 0 Å². The van der Waals surface area contributed by atoms with E-state index in [0.717, 1.165) is 22.1 Å². The van der Waals surface area contributed by atoms with Gasteiger partial charge in [-0.25, -0.2) is 0 Å². The van der Waals surface area contributed by atoms with E-state index in [1.54, 1.807) is 12.1 Å². The van der Waals surface area contributed by atoms with Gasteiger partial charge in [-0.2, -0.15) is 0 Å². The highest BCUT2D eigenvalue weighted by Crippen LogP contribution is 2.24. The third-order valence-corrected chi connectivity index (χ3v) is 4.48. The van der Waals surface area contributed by atoms with Crippen molar-refractivity contribution in [1.82, 2.24) is 0 Å². The zero-order valence-electron chi connectivity index (χ0n) is 15.6. The highest BCUT2D eigenvalue weighted by atomic mass is 16.5. The molecule has 0 aliphatic carbocycles. The van der Waals surface area contributed by atoms with Gasteiger partial charge in [0.15, 0.2) is 5.78 Å². The molecule has 0 bridgehead atoms. The molecule has 0 fully saturated rings. The Morgan fingerprint density at radius 2 is 1.75 bits per heavy atom. The van der Waals surface area contributed by atoms with Gasteiger partial charge in [0.2, 0.25) is 0 Å². The van der Waals surface area contributed by atoms with Crippen LogP contribution < -0.4 is 4.74 Å². The number of benzene rings is 3. The Bertz CT molecular complexity index is 1100. The van der Waals surface area contributed by atoms with Crippen molar-refractivity contribution in [2.75, 3.05) is 0 Å². The quantitative estimate of drug-likeness (QED) is 0.300. The number of ketones is 1. The fourth-order valence-electron chi connectivity index (χ4n) is 3.02. The van der Waals surface area contributed by atoms with Crippen LogP contribution in [-0.4, -0.2) is 5.78 Å². The summed E-state index contributed by atoms with van der Waals surface area (Å²) in [6.45, 7) is 2.39. The molecule has 1 heterocycles. The smallest absolute Gasteiger partial charge is 0.189 e. The second-order valence-electron chi connectivity index (χ2n) is 6.66. The van der Waals surface area contributed by atoms with Gasteiger partial charge in [-0.05, 0) is 54.5 Å². The summed E-state index contributed by atoms with van der Waals surface area (Å²) in [6, 6.07) is 25.2. The number of para-hydroxylation sites is 1. The molecule has 0 aliphatic rings. The van der Waals surface area contributed by atoms with Crippen LogP contribution in [0.4, 0.5) is 0 Å². The van der Waals surface area contributed by atoms with Crippen molar-refractivity contribution >= 4 is 22.8 Å². The van der Waals surface area contributed by atoms with E-state index in [9.17, 15) is 4.79 Å². The number of hydrogen-bond donors (Lipinski definition) is 0. The van der Waals surface area contributed by atoms with Crippen LogP contribution in [0.1, 0.15) is 27.2 Å². The molecule has 3 nitrogen and oxygen atoms in total. The Morgan fingerprint density at radius 3 is 2.57 bits per heavy atom. The maximum atomic E-state index is 12.8. The van der Waals surface area contributed by atoms with Crippen molar-refractivity contribution in [1.29, 1.82) is 0 Å². The lowest BCUT2D eigenvalue weighted by Crippen LogP contribution is -2.03. The number of carbonyl (C=O) groups is 1. The van der Waals surface area contributed by atoms with Crippen LogP contribution in [0.25, 0.3) is 17.0 Å². The number of rotatable bonds is 6. The van der Waals surface area contributed by atoms with Crippen LogP contribution >= 0.6 is 0 Å². The first-order valence-corrected chi connectivity index (χ1v) is 9.17. The Morgan fingerprint density at radius 1 is 0.964 bits per heavy atom. The predicted molar refractivity (Wildman–Crippen MR) is 112 cm³/mol. The summed E-state index contributed by atoms with van der Waals surface area (Å²) >= 11 is 0. The number of fused-ring (bicyclic) bond motifs is 1. The highest BCUT2D eigenvalue weighted by molar-refractivity contribution is 6.08. The normalized spacial score (nSPS) is 11.2. The maximum Gasteiger partial charge on any atom is 0.189 e. The van der Waals surface area contributed by atoms with Gasteiger partial charge < -0.3 is 9.15 Å². The van der Waals surface area contributed by atoms with Crippen molar-refractivity contribution in [3.63, 3.8) is 0 Å². The first kappa shape index (κ1) is 17.8. The molecule has 0 unspecified atom stereocenters. The fourth-order valence-corrected chi connectivity index (χ4v) is 3.02. The summed E-state index contributed by atoms with van der Waals surface area (Å²) in [4.78, 5) is 12.8. The number of aryl methyl sites for hydroxylation is 1. The molecule has 3 heteroatoms. The molecular formula is C25H20O3. The predicted octanol–water partition coefficient (Wildman–Crippen LogP) is 6.22. The molecule has 0 amide bonds. The van der Waals surface area contributed by atoms with Gasteiger partial charge in [-0.3, -0.25) is 4.79 Å². The van der Waals surface area contributed by atoms with Crippen molar-refractivity contribution < 1.29 is 13.9 Å². The fraction of sp³-hybridized carbons (Fsp3) is 0.0800. The number of ether oxygens (including phenoxy) is 1. The van der Waals surface area contributed by atoms with E-state index in [1.165, 1.54) is 6.08 Å². The van der Waals surface area contributed by atoms with Gasteiger partial charge >= 0.3 is 0 Å². The van der Waals surface area contributed by atoms with Gasteiger partial charge in [-0.1, -0.05) is 54.6 Å². The molecule has 4 aromatic rings. The number of carbonyl (C=O) groups excluding carboxylic acids is 1. The summed E-state index contributed by atoms with van der Waals surface area (Å²) < 4.78 is 11.7. The lowest BCUT2D eigenvalue weighted by Gasteiger charge is -2.11. The summed E-state index contributed by atoms with van der Waals surface area (Å²) in [7, 11) is 0. The van der Waals surface area contributed by atoms with E-state index in [0.29, 0.717) is 23.7 Å². The van der Waals surface area contributed by atoms with Crippen molar-refractivity contribution in [3.8, 4) is 5.75 Å². The van der Waals surface area contributed by atoms with Gasteiger partial charge in [0.1, 0.15) is 23.7 Å². The van der Waals surface area contributed by atoms with E-state index in [1.807, 2.05) is 79.7 Å². The second-order valence-corrected chi connectivity index (χ2v) is 6.66. The monoisotopic (exact) mass is 368 g/mol. The average Bonchev–Trinajstić information content (AvgIpc) is 3.14. The largest absolute Gasteiger partial charge is 0.488 e. The first-order chi connectivity index (χ1) is 13.7. The van der Waals surface area contributed by atoms with E-state index in [4.69, 9.17) is 9.15 Å². The van der Waals surface area contributed by atoms with E-state index >= 15 is 0 Å². The summed E-state index contributed by atoms with van der Waals surface area (Å²) in [6.07, 6.45) is 3.22. The van der Waals surface area contributed by atoms with Crippen molar-refractivity contribution in [2.24, 2.45) is 0 Å². The molecule has 138 valence electrons. The molecule has 0 radical (unpaired) electrons. The van der Waals surface area contributed by atoms with Crippen molar-refractivity contribution in [3.05, 3.63) is 107 Å². The minimum Gasteiger partial charge on any atom is -0.488 e. The third-order valence-electron chi connectivity index (χ3n) is 4.48. The number of hydrogen-bond acceptors (Lipinski definition) is 3.